The van der Waals surface area contributed by atoms with Crippen LogP contribution in [-0.4, -0.2) is 24.4 Å². The molecule has 0 bridgehead atoms. The molecule has 1 aromatic carbocycles. The molecule has 0 heterocycles. The molecule has 0 spiro atoms. The standard InChI is InChI=1S/C13H19F2N3O/c1-3-4-5-6-18(2)13(19)9-7-10(14)12(17-16)11(15)8-9/h7-8,17H,3-6,16H2,1-2H3. The summed E-state index contributed by atoms with van der Waals surface area (Å²) in [7, 11) is 1.61. The Hall–Kier alpha value is -1.69. The summed E-state index contributed by atoms with van der Waals surface area (Å²) in [6, 6.07) is 1.97. The van der Waals surface area contributed by atoms with Gasteiger partial charge in [0.2, 0.25) is 0 Å². The number of hydrazine groups is 1. The van der Waals surface area contributed by atoms with Crippen molar-refractivity contribution in [2.45, 2.75) is 26.2 Å². The smallest absolute Gasteiger partial charge is 0.253 e. The number of amides is 1. The summed E-state index contributed by atoms with van der Waals surface area (Å²) in [5.41, 5.74) is 1.47. The van der Waals surface area contributed by atoms with Gasteiger partial charge in [0.05, 0.1) is 0 Å². The van der Waals surface area contributed by atoms with Gasteiger partial charge in [0.1, 0.15) is 5.69 Å². The van der Waals surface area contributed by atoms with E-state index >= 15 is 0 Å². The monoisotopic (exact) mass is 271 g/mol. The number of nitrogen functional groups attached to an aromatic ring is 1. The molecule has 0 saturated heterocycles. The van der Waals surface area contributed by atoms with Crippen molar-refractivity contribution in [1.29, 1.82) is 0 Å². The third-order valence-electron chi connectivity index (χ3n) is 2.88. The minimum atomic E-state index is -0.882. The van der Waals surface area contributed by atoms with Crippen LogP contribution in [0, 0.1) is 11.6 Å². The van der Waals surface area contributed by atoms with Gasteiger partial charge < -0.3 is 10.3 Å². The normalized spacial score (nSPS) is 10.4. The highest BCUT2D eigenvalue weighted by Crippen LogP contribution is 2.20. The third kappa shape index (κ3) is 3.89. The van der Waals surface area contributed by atoms with Gasteiger partial charge in [-0.15, -0.1) is 0 Å². The number of rotatable bonds is 6. The number of hydrogen-bond donors (Lipinski definition) is 2. The van der Waals surface area contributed by atoms with Crippen molar-refractivity contribution in [2.75, 3.05) is 19.0 Å². The molecule has 4 nitrogen and oxygen atoms in total. The van der Waals surface area contributed by atoms with Crippen LogP contribution in [-0.2, 0) is 0 Å². The van der Waals surface area contributed by atoms with Crippen LogP contribution >= 0.6 is 0 Å². The van der Waals surface area contributed by atoms with Crippen LogP contribution in [0.3, 0.4) is 0 Å². The van der Waals surface area contributed by atoms with Crippen LogP contribution in [0.5, 0.6) is 0 Å². The van der Waals surface area contributed by atoms with Gasteiger partial charge in [-0.05, 0) is 18.6 Å². The van der Waals surface area contributed by atoms with Gasteiger partial charge in [0.25, 0.3) is 5.91 Å². The van der Waals surface area contributed by atoms with Crippen LogP contribution in [0.1, 0.15) is 36.5 Å². The van der Waals surface area contributed by atoms with Crippen LogP contribution in [0.15, 0.2) is 12.1 Å². The number of nitrogens with zero attached hydrogens (tertiary/aromatic N) is 1. The van der Waals surface area contributed by atoms with E-state index in [4.69, 9.17) is 5.84 Å². The molecular weight excluding hydrogens is 252 g/mol. The highest BCUT2D eigenvalue weighted by molar-refractivity contribution is 5.94. The molecule has 0 aliphatic carbocycles. The summed E-state index contributed by atoms with van der Waals surface area (Å²) in [5.74, 6) is 2.82. The summed E-state index contributed by atoms with van der Waals surface area (Å²) in [5, 5.41) is 0. The summed E-state index contributed by atoms with van der Waals surface area (Å²) in [6.45, 7) is 2.62. The number of carbonyl (C=O) groups excluding carboxylic acids is 1. The summed E-state index contributed by atoms with van der Waals surface area (Å²) >= 11 is 0. The first-order valence-corrected chi connectivity index (χ1v) is 6.22. The molecule has 3 N–H and O–H groups in total. The van der Waals surface area contributed by atoms with Crippen molar-refractivity contribution in [2.24, 2.45) is 5.84 Å². The molecule has 0 atom stereocenters. The highest BCUT2D eigenvalue weighted by Gasteiger charge is 2.17. The Bertz CT molecular complexity index is 429. The molecule has 1 aromatic rings. The molecule has 106 valence electrons. The topological polar surface area (TPSA) is 58.4 Å². The molecule has 0 unspecified atom stereocenters. The van der Waals surface area contributed by atoms with Crippen molar-refractivity contribution < 1.29 is 13.6 Å². The van der Waals surface area contributed by atoms with E-state index in [9.17, 15) is 13.6 Å². The Kier molecular flexibility index (Phi) is 5.69. The predicted molar refractivity (Wildman–Crippen MR) is 70.7 cm³/mol. The third-order valence-corrected chi connectivity index (χ3v) is 2.88. The van der Waals surface area contributed by atoms with Crippen LogP contribution < -0.4 is 11.3 Å². The zero-order valence-electron chi connectivity index (χ0n) is 11.2. The average molecular weight is 271 g/mol. The maximum Gasteiger partial charge on any atom is 0.253 e. The van der Waals surface area contributed by atoms with Crippen LogP contribution in [0.4, 0.5) is 14.5 Å². The van der Waals surface area contributed by atoms with Gasteiger partial charge in [-0.2, -0.15) is 0 Å². The fourth-order valence-electron chi connectivity index (χ4n) is 1.76. The van der Waals surface area contributed by atoms with Crippen LogP contribution in [0.25, 0.3) is 0 Å². The number of halogens is 2. The number of carbonyl (C=O) groups is 1. The lowest BCUT2D eigenvalue weighted by Gasteiger charge is -2.17. The molecule has 0 fully saturated rings. The lowest BCUT2D eigenvalue weighted by Crippen LogP contribution is -2.28. The van der Waals surface area contributed by atoms with Crippen molar-refractivity contribution in [3.8, 4) is 0 Å². The predicted octanol–water partition coefficient (Wildman–Crippen LogP) is 2.51. The lowest BCUT2D eigenvalue weighted by molar-refractivity contribution is 0.0791. The minimum Gasteiger partial charge on any atom is -0.342 e. The number of nitrogens with two attached hydrogens (primary N) is 1. The van der Waals surface area contributed by atoms with E-state index in [0.717, 1.165) is 31.4 Å². The number of anilines is 1. The molecule has 0 aliphatic heterocycles. The van der Waals surface area contributed by atoms with E-state index in [0.29, 0.717) is 6.54 Å². The molecule has 0 aliphatic rings. The summed E-state index contributed by atoms with van der Waals surface area (Å²) in [6.07, 6.45) is 2.92. The van der Waals surface area contributed by atoms with Gasteiger partial charge >= 0.3 is 0 Å². The highest BCUT2D eigenvalue weighted by atomic mass is 19.1. The van der Waals surface area contributed by atoms with Gasteiger partial charge in [0, 0.05) is 19.2 Å². The summed E-state index contributed by atoms with van der Waals surface area (Å²) < 4.78 is 27.0. The van der Waals surface area contributed by atoms with E-state index in [-0.39, 0.29) is 5.56 Å². The number of nitrogens with one attached hydrogen (secondary N) is 1. The number of hydrogen-bond acceptors (Lipinski definition) is 3. The zero-order chi connectivity index (χ0) is 14.4. The SMILES string of the molecule is CCCCCN(C)C(=O)c1cc(F)c(NN)c(F)c1. The molecule has 19 heavy (non-hydrogen) atoms. The average Bonchev–Trinajstić information content (AvgIpc) is 2.37. The van der Waals surface area contributed by atoms with Crippen molar-refractivity contribution in [1.82, 2.24) is 4.90 Å². The van der Waals surface area contributed by atoms with Gasteiger partial charge in [-0.3, -0.25) is 10.6 Å². The largest absolute Gasteiger partial charge is 0.342 e. The molecule has 1 rings (SSSR count). The number of unbranched alkanes of at least 4 members (excludes halogenated alkanes) is 2. The van der Waals surface area contributed by atoms with Crippen molar-refractivity contribution in [3.63, 3.8) is 0 Å². The first-order chi connectivity index (χ1) is 9.01. The Morgan fingerprint density at radius 2 is 1.89 bits per heavy atom. The van der Waals surface area contributed by atoms with E-state index in [1.807, 2.05) is 5.43 Å². The molecule has 0 saturated carbocycles. The Labute approximate surface area is 111 Å². The fourth-order valence-corrected chi connectivity index (χ4v) is 1.76. The Morgan fingerprint density at radius 1 is 1.32 bits per heavy atom. The first kappa shape index (κ1) is 15.4. The molecular formula is C13H19F2N3O. The maximum atomic E-state index is 13.5. The molecule has 6 heteroatoms. The second-order valence-corrected chi connectivity index (χ2v) is 4.39. The van der Waals surface area contributed by atoms with E-state index in [1.54, 1.807) is 7.05 Å². The number of benzene rings is 1. The second kappa shape index (κ2) is 7.04. The van der Waals surface area contributed by atoms with Gasteiger partial charge in [-0.25, -0.2) is 8.78 Å². The first-order valence-electron chi connectivity index (χ1n) is 6.22. The zero-order valence-corrected chi connectivity index (χ0v) is 11.2. The minimum absolute atomic E-state index is 0.0204. The van der Waals surface area contributed by atoms with Crippen molar-refractivity contribution in [3.05, 3.63) is 29.3 Å². The maximum absolute atomic E-state index is 13.5. The molecule has 1 amide bonds. The van der Waals surface area contributed by atoms with E-state index in [1.165, 1.54) is 4.90 Å². The lowest BCUT2D eigenvalue weighted by atomic mass is 10.1. The Balaban J connectivity index is 2.82. The quantitative estimate of drug-likeness (QED) is 0.475. The van der Waals surface area contributed by atoms with Gasteiger partial charge in [0.15, 0.2) is 11.6 Å². The van der Waals surface area contributed by atoms with Gasteiger partial charge in [-0.1, -0.05) is 19.8 Å². The second-order valence-electron chi connectivity index (χ2n) is 4.39. The summed E-state index contributed by atoms with van der Waals surface area (Å²) in [4.78, 5) is 13.4. The fraction of sp³-hybridized carbons (Fsp3) is 0.462. The molecule has 0 aromatic heterocycles. The molecule has 0 radical (unpaired) electrons. The van der Waals surface area contributed by atoms with E-state index < -0.39 is 23.2 Å². The Morgan fingerprint density at radius 3 is 2.37 bits per heavy atom. The van der Waals surface area contributed by atoms with Crippen molar-refractivity contribution >= 4 is 11.6 Å². The van der Waals surface area contributed by atoms with Crippen LogP contribution in [0.2, 0.25) is 0 Å². The van der Waals surface area contributed by atoms with E-state index in [2.05, 4.69) is 6.92 Å².